The summed E-state index contributed by atoms with van der Waals surface area (Å²) in [6, 6.07) is -2.86. The molecule has 11 nitrogen and oxygen atoms in total. The molecule has 4 fully saturated rings. The number of hydrogen-bond donors (Lipinski definition) is 4. The van der Waals surface area contributed by atoms with Crippen molar-refractivity contribution in [2.75, 3.05) is 13.1 Å². The van der Waals surface area contributed by atoms with Gasteiger partial charge in [-0.25, -0.2) is 13.2 Å². The monoisotopic (exact) mass is 611 g/mol. The van der Waals surface area contributed by atoms with Crippen LogP contribution < -0.4 is 45.5 Å². The Morgan fingerprint density at radius 1 is 1.15 bits per heavy atom. The maximum atomic E-state index is 13.3. The van der Waals surface area contributed by atoms with Crippen LogP contribution in [0, 0.1) is 22.7 Å². The summed E-state index contributed by atoms with van der Waals surface area (Å²) in [7, 11) is -5.23. The number of carbonyl (C=O) groups excluding carboxylic acids is 3. The summed E-state index contributed by atoms with van der Waals surface area (Å²) < 4.78 is 57.7. The fourth-order valence-electron chi connectivity index (χ4n) is 6.48. The number of aliphatic hydroxyl groups excluding tert-OH is 1. The number of alkyl carbamates (subject to hydrolysis) is 1. The van der Waals surface area contributed by atoms with Crippen molar-refractivity contribution in [3.63, 3.8) is 0 Å². The third kappa shape index (κ3) is 10.3. The van der Waals surface area contributed by atoms with Crippen LogP contribution in [0.4, 0.5) is 4.79 Å². The van der Waals surface area contributed by atoms with E-state index in [9.17, 15) is 32.5 Å². The number of unbranched alkanes of at least 4 members (excludes halogenated alkanes) is 2. The molecule has 3 aliphatic carbocycles. The molecule has 0 radical (unpaired) electrons. The van der Waals surface area contributed by atoms with E-state index in [0.29, 0.717) is 32.2 Å². The minimum atomic E-state index is -5.23. The summed E-state index contributed by atoms with van der Waals surface area (Å²) in [5.74, 6) is -2.09. The van der Waals surface area contributed by atoms with E-state index in [1.54, 1.807) is 13.8 Å². The van der Waals surface area contributed by atoms with Gasteiger partial charge in [0.15, 0.2) is 5.44 Å². The van der Waals surface area contributed by atoms with Gasteiger partial charge < -0.3 is 30.3 Å². The van der Waals surface area contributed by atoms with Crippen LogP contribution >= 0.6 is 0 Å². The molecule has 41 heavy (non-hydrogen) atoms. The number of nitrogens with one attached hydrogen (secondary N) is 3. The molecule has 2 bridgehead atoms. The van der Waals surface area contributed by atoms with Gasteiger partial charge in [0.2, 0.25) is 11.8 Å². The molecule has 0 spiro atoms. The second-order valence-corrected chi connectivity index (χ2v) is 14.0. The van der Waals surface area contributed by atoms with Crippen LogP contribution in [0.5, 0.6) is 0 Å². The van der Waals surface area contributed by atoms with Gasteiger partial charge in [-0.05, 0) is 75.5 Å². The number of amides is 3. The Morgan fingerprint density at radius 2 is 1.76 bits per heavy atom. The maximum absolute atomic E-state index is 13.3. The molecule has 13 heteroatoms. The first kappa shape index (κ1) is 33.0. The smallest absolute Gasteiger partial charge is 0.746 e. The van der Waals surface area contributed by atoms with E-state index >= 15 is 0 Å². The van der Waals surface area contributed by atoms with Crippen LogP contribution in [0.2, 0.25) is 0 Å². The Hall–Kier alpha value is -0.920. The molecule has 1 heterocycles. The average Bonchev–Trinajstić information content (AvgIpc) is 3.31. The molecule has 4 aliphatic rings. The molecule has 3 saturated carbocycles. The van der Waals surface area contributed by atoms with Crippen molar-refractivity contribution < 1.29 is 69.5 Å². The predicted octanol–water partition coefficient (Wildman–Crippen LogP) is -0.0732. The van der Waals surface area contributed by atoms with Gasteiger partial charge in [0, 0.05) is 17.9 Å². The fourth-order valence-corrected chi connectivity index (χ4v) is 7.06. The van der Waals surface area contributed by atoms with Crippen molar-refractivity contribution in [1.29, 1.82) is 0 Å². The maximum Gasteiger partial charge on any atom is 1.00 e. The Kier molecular flexibility index (Phi) is 12.6. The molecular weight excluding hydrogens is 561 g/mol. The molecule has 4 rings (SSSR count). The van der Waals surface area contributed by atoms with E-state index in [-0.39, 0.29) is 59.6 Å². The van der Waals surface area contributed by atoms with Gasteiger partial charge in [0.25, 0.3) is 0 Å². The Bertz CT molecular complexity index is 1070. The van der Waals surface area contributed by atoms with E-state index < -0.39 is 57.5 Å². The minimum Gasteiger partial charge on any atom is -0.746 e. The van der Waals surface area contributed by atoms with Crippen molar-refractivity contribution in [1.82, 2.24) is 16.0 Å². The summed E-state index contributed by atoms with van der Waals surface area (Å²) in [5, 5.41) is 17.6. The fraction of sp³-hybridized carbons (Fsp3) is 0.893. The minimum absolute atomic E-state index is 0. The number of ether oxygens (including phenoxy) is 1. The standard InChI is InChI=1S/C28H49N3O8S.Na/c1-4-5-6-8-27-9-12-28(13-10-27,14-11-27)18-39-26(35)31-21(16-19(2)3)24(33)30-22(25(34)40(36,37)38)17-20-7-15-29-23(20)32;/h19-22,25,34H,4-18H2,1-3H3,(H,29,32)(H,30,33)(H,31,35)(H,36,37,38);/q;+1/p-1/t20-,21+,22+,25?,27?,28?;/m1./s1/i18D2;. The van der Waals surface area contributed by atoms with Gasteiger partial charge in [-0.3, -0.25) is 9.59 Å². The van der Waals surface area contributed by atoms with Gasteiger partial charge in [0.1, 0.15) is 16.2 Å². The van der Waals surface area contributed by atoms with Crippen molar-refractivity contribution >= 4 is 28.0 Å². The average molecular weight is 612 g/mol. The quantitative estimate of drug-likeness (QED) is 0.113. The number of carbonyl (C=O) groups is 3. The van der Waals surface area contributed by atoms with E-state index in [4.69, 9.17) is 7.48 Å². The van der Waals surface area contributed by atoms with Crippen LogP contribution in [0.3, 0.4) is 0 Å². The third-order valence-corrected chi connectivity index (χ3v) is 9.98. The van der Waals surface area contributed by atoms with Crippen LogP contribution in [0.15, 0.2) is 0 Å². The summed E-state index contributed by atoms with van der Waals surface area (Å²) >= 11 is 0. The van der Waals surface area contributed by atoms with E-state index in [1.807, 2.05) is 0 Å². The SMILES string of the molecule is [2H]C([2H])(OC(=O)N[C@@H](CC(C)C)C(=O)N[C@@H](C[C@H]1CCNC1=O)C(O)S(=O)(=O)[O-])C12CCC(CCCCC)(CC1)CC2.[Na+]. The Morgan fingerprint density at radius 3 is 2.27 bits per heavy atom. The molecular formula is C28H48N3NaO8S. The molecule has 3 amide bonds. The predicted molar refractivity (Wildman–Crippen MR) is 148 cm³/mol. The van der Waals surface area contributed by atoms with E-state index in [0.717, 1.165) is 32.1 Å². The Balaban J connectivity index is 0.00000645. The summed E-state index contributed by atoms with van der Waals surface area (Å²) in [4.78, 5) is 38.3. The van der Waals surface area contributed by atoms with Gasteiger partial charge in [-0.1, -0.05) is 40.0 Å². The first-order valence-electron chi connectivity index (χ1n) is 15.7. The van der Waals surface area contributed by atoms with Crippen molar-refractivity contribution in [3.05, 3.63) is 0 Å². The topological polar surface area (TPSA) is 174 Å². The molecule has 1 aliphatic heterocycles. The zero-order valence-corrected chi connectivity index (χ0v) is 27.8. The van der Waals surface area contributed by atoms with Gasteiger partial charge in [-0.2, -0.15) is 0 Å². The van der Waals surface area contributed by atoms with Crippen LogP contribution in [0.25, 0.3) is 0 Å². The van der Waals surface area contributed by atoms with Crippen molar-refractivity contribution in [2.45, 2.75) is 122 Å². The third-order valence-electron chi connectivity index (χ3n) is 9.06. The molecule has 0 aromatic carbocycles. The molecule has 4 N–H and O–H groups in total. The van der Waals surface area contributed by atoms with Crippen LogP contribution in [0.1, 0.15) is 107 Å². The zero-order valence-electron chi connectivity index (χ0n) is 27.0. The number of aliphatic hydroxyl groups is 1. The molecule has 0 aromatic rings. The zero-order chi connectivity index (χ0) is 31.3. The number of rotatable bonds is 15. The largest absolute Gasteiger partial charge is 1.00 e. The molecule has 230 valence electrons. The van der Waals surface area contributed by atoms with Gasteiger partial charge in [-0.15, -0.1) is 0 Å². The van der Waals surface area contributed by atoms with Crippen molar-refractivity contribution in [2.24, 2.45) is 22.7 Å². The Labute approximate surface area is 269 Å². The normalized spacial score (nSPS) is 28.9. The summed E-state index contributed by atoms with van der Waals surface area (Å²) in [5.41, 5.74) is -3.05. The van der Waals surface area contributed by atoms with Crippen LogP contribution in [-0.4, -0.2) is 66.6 Å². The van der Waals surface area contributed by atoms with Gasteiger partial charge >= 0.3 is 35.7 Å². The first-order valence-corrected chi connectivity index (χ1v) is 16.2. The molecule has 1 unspecified atom stereocenters. The van der Waals surface area contributed by atoms with E-state index in [2.05, 4.69) is 22.9 Å². The molecule has 1 saturated heterocycles. The van der Waals surface area contributed by atoms with E-state index in [1.165, 1.54) is 12.8 Å². The second kappa shape index (κ2) is 15.7. The van der Waals surface area contributed by atoms with Crippen LogP contribution in [-0.2, 0) is 24.4 Å². The molecule has 0 aromatic heterocycles. The number of fused-ring (bicyclic) bond motifs is 3. The first-order chi connectivity index (χ1) is 19.5. The molecule has 4 atom stereocenters. The van der Waals surface area contributed by atoms with Gasteiger partial charge in [0.05, 0.1) is 15.3 Å². The number of hydrogen-bond acceptors (Lipinski definition) is 8. The summed E-state index contributed by atoms with van der Waals surface area (Å²) in [6.07, 6.45) is 8.20. The second-order valence-electron chi connectivity index (χ2n) is 12.6. The summed E-state index contributed by atoms with van der Waals surface area (Å²) in [6.45, 7) is 3.83. The van der Waals surface area contributed by atoms with Crippen molar-refractivity contribution in [3.8, 4) is 0 Å².